The van der Waals surface area contributed by atoms with E-state index in [1.165, 1.54) is 0 Å². The number of rotatable bonds is 8. The summed E-state index contributed by atoms with van der Waals surface area (Å²) >= 11 is 0. The molecular weight excluding hydrogens is 182 g/mol. The summed E-state index contributed by atoms with van der Waals surface area (Å²) in [5, 5.41) is 0. The van der Waals surface area contributed by atoms with Gasteiger partial charge in [-0.1, -0.05) is 6.92 Å². The lowest BCUT2D eigenvalue weighted by Gasteiger charge is -2.21. The minimum absolute atomic E-state index is 0.573. The highest BCUT2D eigenvalue weighted by atomic mass is 28.3. The molecule has 4 heteroatoms. The number of hydrogen-bond acceptors (Lipinski definition) is 3. The lowest BCUT2D eigenvalue weighted by Crippen LogP contribution is -2.28. The van der Waals surface area contributed by atoms with E-state index in [0.29, 0.717) is 5.54 Å². The fourth-order valence-electron chi connectivity index (χ4n) is 1.28. The van der Waals surface area contributed by atoms with Gasteiger partial charge in [-0.05, 0) is 38.8 Å². The zero-order chi connectivity index (χ0) is 10.1. The van der Waals surface area contributed by atoms with Crippen LogP contribution in [0.2, 0.25) is 5.54 Å². The van der Waals surface area contributed by atoms with Crippen LogP contribution in [0, 0.1) is 0 Å². The lowest BCUT2D eigenvalue weighted by molar-refractivity contribution is 0.203. The van der Waals surface area contributed by atoms with E-state index in [2.05, 4.69) is 6.92 Å². The first-order valence-electron chi connectivity index (χ1n) is 5.19. The smallest absolute Gasteiger partial charge is 0.324 e. The second kappa shape index (κ2) is 8.68. The van der Waals surface area contributed by atoms with Crippen LogP contribution in [0.15, 0.2) is 0 Å². The Morgan fingerprint density at radius 1 is 1.23 bits per heavy atom. The highest BCUT2D eigenvalue weighted by molar-refractivity contribution is 6.46. The van der Waals surface area contributed by atoms with E-state index >= 15 is 0 Å². The van der Waals surface area contributed by atoms with Crippen LogP contribution in [-0.2, 0) is 8.85 Å². The Morgan fingerprint density at radius 2 is 1.77 bits per heavy atom. The second-order valence-electron chi connectivity index (χ2n) is 3.19. The third kappa shape index (κ3) is 6.21. The van der Waals surface area contributed by atoms with Crippen LogP contribution in [0.4, 0.5) is 0 Å². The molecule has 1 unspecified atom stereocenters. The molecule has 0 radical (unpaired) electrons. The predicted octanol–water partition coefficient (Wildman–Crippen LogP) is 1.41. The average Bonchev–Trinajstić information content (AvgIpc) is 2.14. The van der Waals surface area contributed by atoms with Gasteiger partial charge in [-0.15, -0.1) is 0 Å². The van der Waals surface area contributed by atoms with Gasteiger partial charge in [-0.3, -0.25) is 0 Å². The number of hydrogen-bond donors (Lipinski definition) is 1. The maximum absolute atomic E-state index is 5.62. The van der Waals surface area contributed by atoms with Gasteiger partial charge in [0, 0.05) is 13.2 Å². The molecule has 0 fully saturated rings. The summed E-state index contributed by atoms with van der Waals surface area (Å²) in [4.78, 5) is 0. The molecule has 0 saturated heterocycles. The van der Waals surface area contributed by atoms with Gasteiger partial charge in [-0.25, -0.2) is 0 Å². The Hall–Kier alpha value is 0.0969. The third-order valence-electron chi connectivity index (χ3n) is 1.99. The molecule has 0 rings (SSSR count). The van der Waals surface area contributed by atoms with Crippen molar-refractivity contribution in [1.29, 1.82) is 0 Å². The molecule has 0 amide bonds. The van der Waals surface area contributed by atoms with E-state index in [4.69, 9.17) is 14.6 Å². The monoisotopic (exact) mass is 205 g/mol. The SMILES string of the molecule is CCO[SiH](OCC)C(C)CCCN. The molecule has 13 heavy (non-hydrogen) atoms. The zero-order valence-corrected chi connectivity index (χ0v) is 10.2. The van der Waals surface area contributed by atoms with E-state index in [9.17, 15) is 0 Å². The highest BCUT2D eigenvalue weighted by Crippen LogP contribution is 2.17. The van der Waals surface area contributed by atoms with Crippen LogP contribution >= 0.6 is 0 Å². The number of nitrogens with two attached hydrogens (primary N) is 1. The van der Waals surface area contributed by atoms with Crippen LogP contribution in [0.3, 0.4) is 0 Å². The van der Waals surface area contributed by atoms with Gasteiger partial charge in [0.2, 0.25) is 0 Å². The van der Waals surface area contributed by atoms with E-state index in [0.717, 1.165) is 32.6 Å². The van der Waals surface area contributed by atoms with Gasteiger partial charge in [0.1, 0.15) is 0 Å². The predicted molar refractivity (Wildman–Crippen MR) is 58.1 cm³/mol. The minimum atomic E-state index is -1.42. The Labute approximate surface area is 83.5 Å². The highest BCUT2D eigenvalue weighted by Gasteiger charge is 2.20. The molecule has 0 bridgehead atoms. The quantitative estimate of drug-likeness (QED) is 0.609. The zero-order valence-electron chi connectivity index (χ0n) is 9.08. The Kier molecular flexibility index (Phi) is 8.75. The Bertz CT molecular complexity index is 108. The summed E-state index contributed by atoms with van der Waals surface area (Å²) in [6, 6.07) is 0. The minimum Gasteiger partial charge on any atom is -0.397 e. The average molecular weight is 205 g/mol. The third-order valence-corrected chi connectivity index (χ3v) is 4.58. The maximum Gasteiger partial charge on any atom is 0.324 e. The Balaban J connectivity index is 3.72. The van der Waals surface area contributed by atoms with E-state index in [1.807, 2.05) is 13.8 Å². The maximum atomic E-state index is 5.62. The van der Waals surface area contributed by atoms with Crippen molar-refractivity contribution in [2.75, 3.05) is 19.8 Å². The van der Waals surface area contributed by atoms with Crippen molar-refractivity contribution in [2.45, 2.75) is 39.2 Å². The summed E-state index contributed by atoms with van der Waals surface area (Å²) in [6.45, 7) is 8.55. The molecule has 0 aliphatic rings. The molecule has 0 aliphatic heterocycles. The molecule has 0 spiro atoms. The van der Waals surface area contributed by atoms with Gasteiger partial charge >= 0.3 is 9.28 Å². The van der Waals surface area contributed by atoms with Crippen molar-refractivity contribution in [2.24, 2.45) is 5.73 Å². The van der Waals surface area contributed by atoms with Crippen molar-refractivity contribution in [3.63, 3.8) is 0 Å². The van der Waals surface area contributed by atoms with Gasteiger partial charge in [0.15, 0.2) is 0 Å². The molecule has 1 atom stereocenters. The first kappa shape index (κ1) is 13.1. The van der Waals surface area contributed by atoms with Crippen molar-refractivity contribution < 1.29 is 8.85 Å². The van der Waals surface area contributed by atoms with Crippen molar-refractivity contribution in [1.82, 2.24) is 0 Å². The first-order chi connectivity index (χ1) is 6.26. The molecule has 0 heterocycles. The summed E-state index contributed by atoms with van der Waals surface area (Å²) < 4.78 is 11.2. The van der Waals surface area contributed by atoms with Crippen molar-refractivity contribution >= 4 is 9.28 Å². The second-order valence-corrected chi connectivity index (χ2v) is 5.73. The van der Waals surface area contributed by atoms with Crippen molar-refractivity contribution in [3.05, 3.63) is 0 Å². The van der Waals surface area contributed by atoms with Gasteiger partial charge in [0.25, 0.3) is 0 Å². The fourth-order valence-corrected chi connectivity index (χ4v) is 3.20. The molecule has 2 N–H and O–H groups in total. The topological polar surface area (TPSA) is 44.5 Å². The van der Waals surface area contributed by atoms with Crippen LogP contribution in [0.5, 0.6) is 0 Å². The summed E-state index contributed by atoms with van der Waals surface area (Å²) in [5.74, 6) is 0. The first-order valence-corrected chi connectivity index (χ1v) is 6.80. The fraction of sp³-hybridized carbons (Fsp3) is 1.00. The Morgan fingerprint density at radius 3 is 2.15 bits per heavy atom. The van der Waals surface area contributed by atoms with E-state index < -0.39 is 9.28 Å². The molecule has 0 saturated carbocycles. The van der Waals surface area contributed by atoms with Crippen LogP contribution in [0.1, 0.15) is 33.6 Å². The summed E-state index contributed by atoms with van der Waals surface area (Å²) in [6.07, 6.45) is 2.21. The molecular formula is C9H23NO2Si. The molecule has 0 aromatic carbocycles. The molecule has 0 aliphatic carbocycles. The van der Waals surface area contributed by atoms with Gasteiger partial charge in [-0.2, -0.15) is 0 Å². The van der Waals surface area contributed by atoms with Crippen molar-refractivity contribution in [3.8, 4) is 0 Å². The molecule has 0 aromatic rings. The molecule has 0 aromatic heterocycles. The van der Waals surface area contributed by atoms with E-state index in [1.54, 1.807) is 0 Å². The van der Waals surface area contributed by atoms with Crippen LogP contribution < -0.4 is 5.73 Å². The standard InChI is InChI=1S/C9H23NO2Si/c1-4-11-13(12-5-2)9(3)7-6-8-10/h9,13H,4-8,10H2,1-3H3. The van der Waals surface area contributed by atoms with Gasteiger partial charge < -0.3 is 14.6 Å². The van der Waals surface area contributed by atoms with Crippen LogP contribution in [-0.4, -0.2) is 29.0 Å². The van der Waals surface area contributed by atoms with Gasteiger partial charge in [0.05, 0.1) is 0 Å². The van der Waals surface area contributed by atoms with E-state index in [-0.39, 0.29) is 0 Å². The normalized spacial score (nSPS) is 13.6. The van der Waals surface area contributed by atoms with Crippen LogP contribution in [0.25, 0.3) is 0 Å². The molecule has 3 nitrogen and oxygen atoms in total. The summed E-state index contributed by atoms with van der Waals surface area (Å²) in [5.41, 5.74) is 6.03. The summed E-state index contributed by atoms with van der Waals surface area (Å²) in [7, 11) is -1.42. The largest absolute Gasteiger partial charge is 0.397 e. The molecule has 80 valence electrons. The lowest BCUT2D eigenvalue weighted by atomic mass is 10.2.